The maximum Gasteiger partial charge on any atom is 0.0518 e. The molecule has 0 saturated heterocycles. The molecule has 0 rings (SSSR count). The van der Waals surface area contributed by atoms with Gasteiger partial charge in [0.05, 0.1) is 13.2 Å². The minimum Gasteiger partial charge on any atom is -0.396 e. The third kappa shape index (κ3) is 4.49. The van der Waals surface area contributed by atoms with Crippen LogP contribution in [0.2, 0.25) is 0 Å². The lowest BCUT2D eigenvalue weighted by atomic mass is 9.93. The first-order valence-corrected chi connectivity index (χ1v) is 4.22. The summed E-state index contributed by atoms with van der Waals surface area (Å²) in [4.78, 5) is 0. The van der Waals surface area contributed by atoms with Gasteiger partial charge in [-0.2, -0.15) is 0 Å². The molecule has 72 valence electrons. The first-order chi connectivity index (χ1) is 5.68. The van der Waals surface area contributed by atoms with Gasteiger partial charge in [0.2, 0.25) is 0 Å². The fourth-order valence-electron chi connectivity index (χ4n) is 0.756. The summed E-state index contributed by atoms with van der Waals surface area (Å²) in [5.41, 5.74) is -0.402. The highest BCUT2D eigenvalue weighted by atomic mass is 16.3. The molecule has 0 amide bonds. The molecule has 0 fully saturated rings. The Morgan fingerprint density at radius 1 is 1.42 bits per heavy atom. The Kier molecular flexibility index (Phi) is 5.98. The second-order valence-electron chi connectivity index (χ2n) is 3.38. The molecule has 0 bridgehead atoms. The Balaban J connectivity index is 3.51. The topological polar surface area (TPSA) is 52.5 Å². The summed E-state index contributed by atoms with van der Waals surface area (Å²) in [7, 11) is 0. The lowest BCUT2D eigenvalue weighted by molar-refractivity contribution is 0.0700. The van der Waals surface area contributed by atoms with E-state index in [-0.39, 0.29) is 13.2 Å². The molecule has 0 atom stereocenters. The molecule has 3 heteroatoms. The van der Waals surface area contributed by atoms with Crippen molar-refractivity contribution in [3.8, 4) is 0 Å². The van der Waals surface area contributed by atoms with Crippen LogP contribution in [-0.4, -0.2) is 36.5 Å². The zero-order valence-corrected chi connectivity index (χ0v) is 7.71. The molecule has 0 aromatic carbocycles. The Bertz CT molecular complexity index is 122. The monoisotopic (exact) mass is 173 g/mol. The maximum absolute atomic E-state index is 8.92. The number of aliphatic hydroxyl groups excluding tert-OH is 2. The van der Waals surface area contributed by atoms with Crippen LogP contribution in [0.1, 0.15) is 13.3 Å². The molecule has 12 heavy (non-hydrogen) atoms. The highest BCUT2D eigenvalue weighted by Crippen LogP contribution is 2.11. The molecule has 0 aliphatic carbocycles. The summed E-state index contributed by atoms with van der Waals surface area (Å²) >= 11 is 0. The van der Waals surface area contributed by atoms with E-state index < -0.39 is 5.41 Å². The lowest BCUT2D eigenvalue weighted by Crippen LogP contribution is -2.38. The van der Waals surface area contributed by atoms with Crippen LogP contribution in [0.3, 0.4) is 0 Å². The number of aliphatic hydroxyl groups is 2. The average Bonchev–Trinajstić information content (AvgIpc) is 2.12. The van der Waals surface area contributed by atoms with Crippen molar-refractivity contribution in [1.29, 1.82) is 0 Å². The van der Waals surface area contributed by atoms with Crippen LogP contribution in [0.25, 0.3) is 0 Å². The van der Waals surface area contributed by atoms with Gasteiger partial charge < -0.3 is 15.5 Å². The molecular weight excluding hydrogens is 154 g/mol. The van der Waals surface area contributed by atoms with E-state index in [1.807, 2.05) is 13.0 Å². The largest absolute Gasteiger partial charge is 0.396 e. The summed E-state index contributed by atoms with van der Waals surface area (Å²) < 4.78 is 0. The summed E-state index contributed by atoms with van der Waals surface area (Å²) in [6, 6.07) is 0. The first-order valence-electron chi connectivity index (χ1n) is 4.22. The van der Waals surface area contributed by atoms with Crippen LogP contribution in [0.5, 0.6) is 0 Å². The number of hydrogen-bond acceptors (Lipinski definition) is 3. The molecule has 3 nitrogen and oxygen atoms in total. The van der Waals surface area contributed by atoms with Gasteiger partial charge in [0.25, 0.3) is 0 Å². The van der Waals surface area contributed by atoms with E-state index in [1.165, 1.54) is 0 Å². The van der Waals surface area contributed by atoms with Gasteiger partial charge in [-0.1, -0.05) is 13.0 Å². The minimum atomic E-state index is -0.402. The second-order valence-corrected chi connectivity index (χ2v) is 3.38. The summed E-state index contributed by atoms with van der Waals surface area (Å²) in [6.45, 7) is 6.93. The summed E-state index contributed by atoms with van der Waals surface area (Å²) in [5, 5.41) is 21.0. The normalized spacial score (nSPS) is 11.6. The van der Waals surface area contributed by atoms with Gasteiger partial charge >= 0.3 is 0 Å². The Morgan fingerprint density at radius 2 is 2.00 bits per heavy atom. The van der Waals surface area contributed by atoms with E-state index in [0.717, 1.165) is 13.0 Å². The van der Waals surface area contributed by atoms with Gasteiger partial charge in [0, 0.05) is 12.0 Å². The number of hydrogen-bond donors (Lipinski definition) is 3. The summed E-state index contributed by atoms with van der Waals surface area (Å²) in [6.07, 6.45) is 2.75. The van der Waals surface area contributed by atoms with Crippen molar-refractivity contribution in [2.75, 3.05) is 26.3 Å². The van der Waals surface area contributed by atoms with Crippen molar-refractivity contribution < 1.29 is 10.2 Å². The van der Waals surface area contributed by atoms with Crippen molar-refractivity contribution in [3.05, 3.63) is 12.7 Å². The van der Waals surface area contributed by atoms with Gasteiger partial charge in [-0.25, -0.2) is 0 Å². The number of nitrogens with one attached hydrogen (secondary N) is 1. The van der Waals surface area contributed by atoms with Crippen molar-refractivity contribution in [2.24, 2.45) is 5.41 Å². The highest BCUT2D eigenvalue weighted by molar-refractivity contribution is 4.76. The third-order valence-corrected chi connectivity index (χ3v) is 1.84. The zero-order chi connectivity index (χ0) is 9.45. The SMILES string of the molecule is C=CCCNCC(C)(CO)CO. The molecule has 0 saturated carbocycles. The second kappa shape index (κ2) is 6.17. The van der Waals surface area contributed by atoms with Crippen molar-refractivity contribution in [2.45, 2.75) is 13.3 Å². The van der Waals surface area contributed by atoms with E-state index >= 15 is 0 Å². The standard InChI is InChI=1S/C9H19NO2/c1-3-4-5-10-6-9(2,7-11)8-12/h3,10-12H,1,4-8H2,2H3. The first kappa shape index (κ1) is 11.6. The van der Waals surface area contributed by atoms with Gasteiger partial charge in [0.1, 0.15) is 0 Å². The van der Waals surface area contributed by atoms with Gasteiger partial charge in [-0.3, -0.25) is 0 Å². The molecule has 0 aromatic rings. The van der Waals surface area contributed by atoms with Gasteiger partial charge in [0.15, 0.2) is 0 Å². The van der Waals surface area contributed by atoms with Crippen LogP contribution in [0.15, 0.2) is 12.7 Å². The van der Waals surface area contributed by atoms with E-state index in [1.54, 1.807) is 0 Å². The third-order valence-electron chi connectivity index (χ3n) is 1.84. The molecule has 3 N–H and O–H groups in total. The van der Waals surface area contributed by atoms with E-state index in [0.29, 0.717) is 6.54 Å². The zero-order valence-electron chi connectivity index (χ0n) is 7.71. The fourth-order valence-corrected chi connectivity index (χ4v) is 0.756. The van der Waals surface area contributed by atoms with Crippen molar-refractivity contribution >= 4 is 0 Å². The van der Waals surface area contributed by atoms with Gasteiger partial charge in [-0.05, 0) is 13.0 Å². The van der Waals surface area contributed by atoms with Crippen LogP contribution >= 0.6 is 0 Å². The van der Waals surface area contributed by atoms with Crippen LogP contribution < -0.4 is 5.32 Å². The molecule has 0 radical (unpaired) electrons. The van der Waals surface area contributed by atoms with Crippen LogP contribution in [0, 0.1) is 5.41 Å². The van der Waals surface area contributed by atoms with E-state index in [2.05, 4.69) is 11.9 Å². The van der Waals surface area contributed by atoms with Crippen LogP contribution in [-0.2, 0) is 0 Å². The van der Waals surface area contributed by atoms with Crippen molar-refractivity contribution in [1.82, 2.24) is 5.32 Å². The molecule has 0 aliphatic heterocycles. The quantitative estimate of drug-likeness (QED) is 0.379. The average molecular weight is 173 g/mol. The molecule has 0 aromatic heterocycles. The van der Waals surface area contributed by atoms with Gasteiger partial charge in [-0.15, -0.1) is 6.58 Å². The predicted octanol–water partition coefficient (Wildman–Crippen LogP) is 0.143. The van der Waals surface area contributed by atoms with Crippen LogP contribution in [0.4, 0.5) is 0 Å². The Morgan fingerprint density at radius 3 is 2.42 bits per heavy atom. The Labute approximate surface area is 74.1 Å². The Hall–Kier alpha value is -0.380. The predicted molar refractivity (Wildman–Crippen MR) is 50.0 cm³/mol. The molecular formula is C9H19NO2. The molecule has 0 aliphatic rings. The molecule has 0 heterocycles. The van der Waals surface area contributed by atoms with Crippen molar-refractivity contribution in [3.63, 3.8) is 0 Å². The maximum atomic E-state index is 8.92. The lowest BCUT2D eigenvalue weighted by Gasteiger charge is -2.24. The fraction of sp³-hybridized carbons (Fsp3) is 0.778. The molecule has 0 unspecified atom stereocenters. The number of rotatable bonds is 7. The smallest absolute Gasteiger partial charge is 0.0518 e. The summed E-state index contributed by atoms with van der Waals surface area (Å²) in [5.74, 6) is 0. The van der Waals surface area contributed by atoms with E-state index in [9.17, 15) is 0 Å². The minimum absolute atomic E-state index is 0.00455. The molecule has 0 spiro atoms. The van der Waals surface area contributed by atoms with E-state index in [4.69, 9.17) is 10.2 Å². The highest BCUT2D eigenvalue weighted by Gasteiger charge is 2.21.